The van der Waals surface area contributed by atoms with Crippen molar-refractivity contribution >= 4 is 28.7 Å². The summed E-state index contributed by atoms with van der Waals surface area (Å²) in [6.07, 6.45) is 0.759. The van der Waals surface area contributed by atoms with Gasteiger partial charge in [0.05, 0.1) is 24.3 Å². The van der Waals surface area contributed by atoms with E-state index in [0.717, 1.165) is 12.0 Å². The van der Waals surface area contributed by atoms with E-state index in [2.05, 4.69) is 87.7 Å². The first-order valence-corrected chi connectivity index (χ1v) is 19.2. The van der Waals surface area contributed by atoms with Crippen LogP contribution in [0.5, 0.6) is 5.75 Å². The van der Waals surface area contributed by atoms with Crippen molar-refractivity contribution in [1.82, 2.24) is 0 Å². The largest absolute Gasteiger partial charge is 0.413 e. The summed E-state index contributed by atoms with van der Waals surface area (Å²) in [6.45, 7) is 26.8. The van der Waals surface area contributed by atoms with Gasteiger partial charge in [-0.15, -0.1) is 4.33 Å². The molecular weight excluding hydrogens is 493 g/mol. The van der Waals surface area contributed by atoms with Crippen molar-refractivity contribution in [2.24, 2.45) is 11.8 Å². The van der Waals surface area contributed by atoms with E-state index in [0.29, 0.717) is 10.7 Å². The fourth-order valence-corrected chi connectivity index (χ4v) is 7.17. The molecule has 0 heterocycles. The molecule has 0 fully saturated rings. The minimum absolute atomic E-state index is 0.00681. The fraction of sp³-hybridized carbons (Fsp3) is 0.704. The van der Waals surface area contributed by atoms with Crippen LogP contribution in [0, 0.1) is 11.8 Å². The van der Waals surface area contributed by atoms with Crippen molar-refractivity contribution in [3.8, 4) is 5.75 Å². The Balaban J connectivity index is 2.38. The molecule has 0 spiro atoms. The first-order chi connectivity index (χ1) is 15.9. The fourth-order valence-electron chi connectivity index (χ4n) is 3.64. The topological polar surface area (TPSA) is 57.2 Å². The van der Waals surface area contributed by atoms with Gasteiger partial charge in [-0.25, -0.2) is 0 Å². The summed E-state index contributed by atoms with van der Waals surface area (Å²) in [5.74, 6) is 0.676. The molecule has 0 aromatic heterocycles. The van der Waals surface area contributed by atoms with Crippen molar-refractivity contribution in [3.05, 3.63) is 41.3 Å². The van der Waals surface area contributed by atoms with Gasteiger partial charge < -0.3 is 18.8 Å². The average molecular weight is 541 g/mol. The lowest BCUT2D eigenvalue weighted by atomic mass is 9.90. The molecule has 1 aromatic rings. The van der Waals surface area contributed by atoms with Crippen LogP contribution >= 0.6 is 12.0 Å². The third-order valence-electron chi connectivity index (χ3n) is 8.06. The molecule has 0 bridgehead atoms. The molecule has 0 radical (unpaired) electrons. The van der Waals surface area contributed by atoms with Crippen LogP contribution in [-0.2, 0) is 13.2 Å². The maximum absolute atomic E-state index is 11.6. The summed E-state index contributed by atoms with van der Waals surface area (Å²) in [5.41, 5.74) is 0. The zero-order valence-corrected chi connectivity index (χ0v) is 26.7. The van der Waals surface area contributed by atoms with Crippen molar-refractivity contribution < 1.29 is 23.2 Å². The van der Waals surface area contributed by atoms with Crippen molar-refractivity contribution in [2.75, 3.05) is 0 Å². The highest BCUT2D eigenvalue weighted by molar-refractivity contribution is 7.98. The molecule has 200 valence electrons. The van der Waals surface area contributed by atoms with Gasteiger partial charge in [0, 0.05) is 16.7 Å². The number of benzene rings is 1. The van der Waals surface area contributed by atoms with Crippen LogP contribution < -0.4 is 4.89 Å². The Bertz CT molecular complexity index is 845. The van der Waals surface area contributed by atoms with Crippen LogP contribution in [0.3, 0.4) is 0 Å². The van der Waals surface area contributed by atoms with E-state index < -0.39 is 28.8 Å². The number of para-hydroxylation sites is 1. The smallest absolute Gasteiger partial charge is 0.192 e. The van der Waals surface area contributed by atoms with E-state index in [9.17, 15) is 5.11 Å². The van der Waals surface area contributed by atoms with Gasteiger partial charge in [0.2, 0.25) is 0 Å². The van der Waals surface area contributed by atoms with Crippen LogP contribution in [0.1, 0.15) is 55.4 Å². The summed E-state index contributed by atoms with van der Waals surface area (Å²) in [7, 11) is -4.23. The lowest BCUT2D eigenvalue weighted by Gasteiger charge is -2.46. The van der Waals surface area contributed by atoms with Crippen LogP contribution in [0.15, 0.2) is 41.3 Å². The van der Waals surface area contributed by atoms with Gasteiger partial charge in [-0.1, -0.05) is 79.7 Å². The molecule has 0 amide bonds. The molecule has 5 atom stereocenters. The molecule has 1 aliphatic rings. The van der Waals surface area contributed by atoms with Gasteiger partial charge >= 0.3 is 0 Å². The minimum atomic E-state index is -2.17. The molecular formula is C27H48O5SSi2. The number of hydrogen-bond acceptors (Lipinski definition) is 6. The van der Waals surface area contributed by atoms with Gasteiger partial charge in [-0.3, -0.25) is 0 Å². The Morgan fingerprint density at radius 2 is 1.29 bits per heavy atom. The van der Waals surface area contributed by atoms with E-state index in [1.165, 1.54) is 0 Å². The highest BCUT2D eigenvalue weighted by Gasteiger charge is 2.49. The number of rotatable bonds is 8. The second-order valence-electron chi connectivity index (χ2n) is 13.0. The third kappa shape index (κ3) is 7.69. The van der Waals surface area contributed by atoms with Crippen LogP contribution in [-0.4, -0.2) is 40.1 Å². The maximum atomic E-state index is 11.6. The zero-order chi connectivity index (χ0) is 26.8. The third-order valence-corrected chi connectivity index (χ3v) is 17.7. The van der Waals surface area contributed by atoms with E-state index in [1.807, 2.05) is 30.3 Å². The molecule has 1 N–H and O–H groups in total. The van der Waals surface area contributed by atoms with Gasteiger partial charge in [-0.2, -0.15) is 0 Å². The van der Waals surface area contributed by atoms with E-state index in [-0.39, 0.29) is 28.0 Å². The monoisotopic (exact) mass is 540 g/mol. The quantitative estimate of drug-likeness (QED) is 0.156. The first kappa shape index (κ1) is 30.6. The Labute approximate surface area is 220 Å². The Hall–Kier alpha value is -0.616. The molecule has 2 rings (SSSR count). The SMILES string of the molecule is C[C@H]1[C@H](O[Si](C)(C)C(C)(C)C)[C@H](O)C(SOOc2ccccc2)=C[C@H](C)[C@H]1O[Si](C)(C)C(C)(C)C. The molecule has 0 saturated carbocycles. The molecule has 0 saturated heterocycles. The predicted octanol–water partition coefficient (Wildman–Crippen LogP) is 7.96. The molecule has 0 unspecified atom stereocenters. The summed E-state index contributed by atoms with van der Waals surface area (Å²) >= 11 is 1.06. The second kappa shape index (κ2) is 11.4. The van der Waals surface area contributed by atoms with Crippen LogP contribution in [0.4, 0.5) is 0 Å². The standard InChI is InChI=1S/C27H48O5SSi2/c1-19-18-22(33-32-29-21-16-14-13-15-17-21)23(28)25(31-35(11,12)27(6,7)8)20(2)24(19)30-34(9,10)26(3,4)5/h13-20,23-25,28H,1-12H3/t19-,20+,23+,24+,25-/m0/s1. The summed E-state index contributed by atoms with van der Waals surface area (Å²) < 4.78 is 19.4. The minimum Gasteiger partial charge on any atom is -0.413 e. The Kier molecular flexibility index (Phi) is 9.98. The predicted molar refractivity (Wildman–Crippen MR) is 152 cm³/mol. The lowest BCUT2D eigenvalue weighted by molar-refractivity contribution is -0.0780. The second-order valence-corrected chi connectivity index (χ2v) is 23.3. The highest BCUT2D eigenvalue weighted by atomic mass is 32.2. The average Bonchev–Trinajstić information content (AvgIpc) is 2.79. The van der Waals surface area contributed by atoms with Gasteiger partial charge in [0.25, 0.3) is 0 Å². The van der Waals surface area contributed by atoms with Crippen molar-refractivity contribution in [3.63, 3.8) is 0 Å². The molecule has 0 aliphatic heterocycles. The van der Waals surface area contributed by atoms with Crippen molar-refractivity contribution in [2.45, 2.75) is 110 Å². The van der Waals surface area contributed by atoms with Crippen molar-refractivity contribution in [1.29, 1.82) is 0 Å². The van der Waals surface area contributed by atoms with E-state index in [1.54, 1.807) is 0 Å². The highest BCUT2D eigenvalue weighted by Crippen LogP contribution is 2.45. The summed E-state index contributed by atoms with van der Waals surface area (Å²) in [5, 5.41) is 11.7. The Morgan fingerprint density at radius 3 is 1.77 bits per heavy atom. The number of hydrogen-bond donors (Lipinski definition) is 1. The molecule has 1 aromatic carbocycles. The summed E-state index contributed by atoms with van der Waals surface area (Å²) in [4.78, 5) is 6.16. The van der Waals surface area contributed by atoms with E-state index >= 15 is 0 Å². The molecule has 35 heavy (non-hydrogen) atoms. The normalized spacial score (nSPS) is 26.8. The van der Waals surface area contributed by atoms with Gasteiger partial charge in [-0.05, 0) is 48.4 Å². The van der Waals surface area contributed by atoms with Crippen LogP contribution in [0.25, 0.3) is 0 Å². The first-order valence-electron chi connectivity index (χ1n) is 12.7. The maximum Gasteiger partial charge on any atom is 0.192 e. The number of aliphatic hydroxyl groups is 1. The summed E-state index contributed by atoms with van der Waals surface area (Å²) in [6, 6.07) is 9.36. The van der Waals surface area contributed by atoms with Gasteiger partial charge in [0.1, 0.15) is 6.10 Å². The van der Waals surface area contributed by atoms with Gasteiger partial charge in [0.15, 0.2) is 22.4 Å². The molecule has 5 nitrogen and oxygen atoms in total. The van der Waals surface area contributed by atoms with Crippen LogP contribution in [0.2, 0.25) is 36.3 Å². The molecule has 1 aliphatic carbocycles. The number of aliphatic hydroxyl groups excluding tert-OH is 1. The zero-order valence-electron chi connectivity index (χ0n) is 23.8. The lowest BCUT2D eigenvalue weighted by Crippen LogP contribution is -2.53. The van der Waals surface area contributed by atoms with E-state index in [4.69, 9.17) is 18.1 Å². The Morgan fingerprint density at radius 1 is 0.800 bits per heavy atom. The molecule has 8 heteroatoms.